The monoisotopic (exact) mass is 313 g/mol. The van der Waals surface area contributed by atoms with Gasteiger partial charge in [-0.25, -0.2) is 0 Å². The van der Waals surface area contributed by atoms with Crippen LogP contribution in [-0.4, -0.2) is 53.1 Å². The van der Waals surface area contributed by atoms with E-state index < -0.39 is 0 Å². The van der Waals surface area contributed by atoms with Crippen LogP contribution in [0.1, 0.15) is 17.3 Å². The molecule has 1 fully saturated rings. The lowest BCUT2D eigenvalue weighted by Gasteiger charge is -2.35. The summed E-state index contributed by atoms with van der Waals surface area (Å²) in [5.41, 5.74) is 2.27. The van der Waals surface area contributed by atoms with E-state index in [0.29, 0.717) is 5.56 Å². The van der Waals surface area contributed by atoms with Crippen molar-refractivity contribution in [1.29, 1.82) is 0 Å². The molecular formula is C16H19N5O2. The van der Waals surface area contributed by atoms with Crippen LogP contribution in [0.2, 0.25) is 0 Å². The number of aromatic amines is 1. The van der Waals surface area contributed by atoms with Gasteiger partial charge in [-0.3, -0.25) is 14.7 Å². The van der Waals surface area contributed by atoms with Crippen molar-refractivity contribution in [2.75, 3.05) is 36.4 Å². The number of benzene rings is 1. The maximum Gasteiger partial charge on any atom is 0.258 e. The van der Waals surface area contributed by atoms with Crippen molar-refractivity contribution in [1.82, 2.24) is 15.1 Å². The van der Waals surface area contributed by atoms with Crippen molar-refractivity contribution in [3.05, 3.63) is 42.2 Å². The molecule has 0 aliphatic carbocycles. The second-order valence-corrected chi connectivity index (χ2v) is 5.48. The van der Waals surface area contributed by atoms with Crippen LogP contribution in [0.25, 0.3) is 0 Å². The number of amides is 2. The van der Waals surface area contributed by atoms with E-state index in [4.69, 9.17) is 0 Å². The molecule has 0 saturated carbocycles. The van der Waals surface area contributed by atoms with Gasteiger partial charge in [-0.15, -0.1) is 0 Å². The third-order valence-corrected chi connectivity index (χ3v) is 3.95. The third kappa shape index (κ3) is 3.50. The summed E-state index contributed by atoms with van der Waals surface area (Å²) in [6, 6.07) is 7.73. The number of hydrogen-bond donors (Lipinski definition) is 2. The summed E-state index contributed by atoms with van der Waals surface area (Å²) in [7, 11) is 0. The molecule has 1 aromatic carbocycles. The number of hydrogen-bond acceptors (Lipinski definition) is 4. The van der Waals surface area contributed by atoms with Crippen LogP contribution in [-0.2, 0) is 4.79 Å². The number of carbonyl (C=O) groups is 2. The zero-order chi connectivity index (χ0) is 16.2. The molecule has 0 radical (unpaired) electrons. The first-order chi connectivity index (χ1) is 11.1. The molecule has 7 heteroatoms. The van der Waals surface area contributed by atoms with Crippen molar-refractivity contribution >= 4 is 23.2 Å². The van der Waals surface area contributed by atoms with Gasteiger partial charge in [0.1, 0.15) is 0 Å². The van der Waals surface area contributed by atoms with Crippen LogP contribution < -0.4 is 10.2 Å². The summed E-state index contributed by atoms with van der Waals surface area (Å²) in [5, 5.41) is 9.25. The highest BCUT2D eigenvalue weighted by Crippen LogP contribution is 2.21. The highest BCUT2D eigenvalue weighted by molar-refractivity contribution is 6.04. The first kappa shape index (κ1) is 15.1. The maximum absolute atomic E-state index is 12.1. The quantitative estimate of drug-likeness (QED) is 0.896. The first-order valence-electron chi connectivity index (χ1n) is 7.54. The number of nitrogens with one attached hydrogen (secondary N) is 2. The van der Waals surface area contributed by atoms with Crippen LogP contribution in [0.3, 0.4) is 0 Å². The van der Waals surface area contributed by atoms with Gasteiger partial charge < -0.3 is 15.1 Å². The van der Waals surface area contributed by atoms with E-state index in [1.54, 1.807) is 13.1 Å². The maximum atomic E-state index is 12.1. The molecule has 0 atom stereocenters. The minimum Gasteiger partial charge on any atom is -0.368 e. The van der Waals surface area contributed by atoms with Gasteiger partial charge in [-0.05, 0) is 18.2 Å². The summed E-state index contributed by atoms with van der Waals surface area (Å²) in [6.07, 6.45) is 3.04. The zero-order valence-electron chi connectivity index (χ0n) is 13.0. The summed E-state index contributed by atoms with van der Waals surface area (Å²) >= 11 is 0. The van der Waals surface area contributed by atoms with E-state index in [0.717, 1.165) is 37.6 Å². The van der Waals surface area contributed by atoms with E-state index in [9.17, 15) is 9.59 Å². The standard InChI is InChI=1S/C16H19N5O2/c1-12(22)20-5-7-21(8-6-20)15-4-2-3-14(9-15)19-16(23)13-10-17-18-11-13/h2-4,9-11H,5-8H2,1H3,(H,17,18)(H,19,23). The Bertz CT molecular complexity index is 690. The summed E-state index contributed by atoms with van der Waals surface area (Å²) in [5.74, 6) is -0.0805. The molecule has 2 amide bonds. The number of carbonyl (C=O) groups excluding carboxylic acids is 2. The van der Waals surface area contributed by atoms with Gasteiger partial charge >= 0.3 is 0 Å². The number of rotatable bonds is 3. The largest absolute Gasteiger partial charge is 0.368 e. The highest BCUT2D eigenvalue weighted by Gasteiger charge is 2.19. The second kappa shape index (κ2) is 6.51. The average molecular weight is 313 g/mol. The first-order valence-corrected chi connectivity index (χ1v) is 7.54. The van der Waals surface area contributed by atoms with Crippen LogP contribution in [0.5, 0.6) is 0 Å². The Hall–Kier alpha value is -2.83. The van der Waals surface area contributed by atoms with Gasteiger partial charge in [0.15, 0.2) is 0 Å². The number of aromatic nitrogens is 2. The van der Waals surface area contributed by atoms with Gasteiger partial charge in [0.2, 0.25) is 5.91 Å². The van der Waals surface area contributed by atoms with Crippen molar-refractivity contribution in [2.45, 2.75) is 6.92 Å². The molecule has 0 unspecified atom stereocenters. The van der Waals surface area contributed by atoms with Gasteiger partial charge in [0, 0.05) is 50.7 Å². The molecule has 1 aliphatic heterocycles. The fraction of sp³-hybridized carbons (Fsp3) is 0.312. The Kier molecular flexibility index (Phi) is 4.27. The SMILES string of the molecule is CC(=O)N1CCN(c2cccc(NC(=O)c3cn[nH]c3)c2)CC1. The van der Waals surface area contributed by atoms with Gasteiger partial charge in [-0.2, -0.15) is 5.10 Å². The number of H-pyrrole nitrogens is 1. The van der Waals surface area contributed by atoms with Crippen molar-refractivity contribution < 1.29 is 9.59 Å². The van der Waals surface area contributed by atoms with Crippen molar-refractivity contribution in [3.8, 4) is 0 Å². The van der Waals surface area contributed by atoms with Crippen LogP contribution >= 0.6 is 0 Å². The van der Waals surface area contributed by atoms with E-state index in [2.05, 4.69) is 20.4 Å². The molecule has 0 bridgehead atoms. The number of piperazine rings is 1. The van der Waals surface area contributed by atoms with Crippen LogP contribution in [0, 0.1) is 0 Å². The Morgan fingerprint density at radius 1 is 1.22 bits per heavy atom. The predicted molar refractivity (Wildman–Crippen MR) is 87.4 cm³/mol. The summed E-state index contributed by atoms with van der Waals surface area (Å²) in [4.78, 5) is 27.5. The predicted octanol–water partition coefficient (Wildman–Crippen LogP) is 1.33. The molecular weight excluding hydrogens is 294 g/mol. The molecule has 1 saturated heterocycles. The lowest BCUT2D eigenvalue weighted by atomic mass is 10.2. The lowest BCUT2D eigenvalue weighted by molar-refractivity contribution is -0.129. The average Bonchev–Trinajstić information content (AvgIpc) is 3.10. The molecule has 2 N–H and O–H groups in total. The Morgan fingerprint density at radius 2 is 2.00 bits per heavy atom. The molecule has 3 rings (SSSR count). The van der Waals surface area contributed by atoms with Crippen LogP contribution in [0.15, 0.2) is 36.7 Å². The van der Waals surface area contributed by atoms with E-state index in [1.807, 2.05) is 29.2 Å². The highest BCUT2D eigenvalue weighted by atomic mass is 16.2. The Morgan fingerprint density at radius 3 is 2.65 bits per heavy atom. The second-order valence-electron chi connectivity index (χ2n) is 5.48. The molecule has 0 spiro atoms. The van der Waals surface area contributed by atoms with Gasteiger partial charge in [0.25, 0.3) is 5.91 Å². The summed E-state index contributed by atoms with van der Waals surface area (Å²) < 4.78 is 0. The Labute approximate surface area is 134 Å². The lowest BCUT2D eigenvalue weighted by Crippen LogP contribution is -2.48. The summed E-state index contributed by atoms with van der Waals surface area (Å²) in [6.45, 7) is 4.63. The number of anilines is 2. The van der Waals surface area contributed by atoms with Crippen LogP contribution in [0.4, 0.5) is 11.4 Å². The van der Waals surface area contributed by atoms with E-state index in [1.165, 1.54) is 6.20 Å². The topological polar surface area (TPSA) is 81.3 Å². The molecule has 7 nitrogen and oxygen atoms in total. The zero-order valence-corrected chi connectivity index (χ0v) is 13.0. The molecule has 2 aromatic rings. The van der Waals surface area contributed by atoms with Gasteiger partial charge in [-0.1, -0.05) is 6.07 Å². The minimum atomic E-state index is -0.197. The van der Waals surface area contributed by atoms with Crippen molar-refractivity contribution in [3.63, 3.8) is 0 Å². The van der Waals surface area contributed by atoms with Gasteiger partial charge in [0.05, 0.1) is 11.8 Å². The van der Waals surface area contributed by atoms with E-state index >= 15 is 0 Å². The molecule has 2 heterocycles. The molecule has 1 aliphatic rings. The third-order valence-electron chi connectivity index (χ3n) is 3.95. The van der Waals surface area contributed by atoms with Crippen molar-refractivity contribution in [2.24, 2.45) is 0 Å². The molecule has 23 heavy (non-hydrogen) atoms. The normalized spacial score (nSPS) is 14.7. The molecule has 120 valence electrons. The number of nitrogens with zero attached hydrogens (tertiary/aromatic N) is 3. The fourth-order valence-corrected chi connectivity index (χ4v) is 2.64. The Balaban J connectivity index is 1.66. The van der Waals surface area contributed by atoms with E-state index in [-0.39, 0.29) is 11.8 Å². The minimum absolute atomic E-state index is 0.116. The smallest absolute Gasteiger partial charge is 0.258 e. The molecule has 1 aromatic heterocycles. The fourth-order valence-electron chi connectivity index (χ4n) is 2.64.